The summed E-state index contributed by atoms with van der Waals surface area (Å²) >= 11 is 0. The Morgan fingerprint density at radius 3 is 2.90 bits per heavy atom. The number of nitrogens with one attached hydrogen (secondary N) is 1. The van der Waals surface area contributed by atoms with E-state index in [2.05, 4.69) is 10.3 Å². The summed E-state index contributed by atoms with van der Waals surface area (Å²) in [6, 6.07) is 2.92. The maximum atomic E-state index is 14.0. The van der Waals surface area contributed by atoms with Gasteiger partial charge in [0.25, 0.3) is 5.69 Å². The van der Waals surface area contributed by atoms with Crippen molar-refractivity contribution < 1.29 is 14.1 Å². The van der Waals surface area contributed by atoms with E-state index in [-0.39, 0.29) is 22.3 Å². The first-order valence-corrected chi connectivity index (χ1v) is 5.69. The molecule has 1 amide bonds. The quantitative estimate of drug-likeness (QED) is 0.651. The first-order chi connectivity index (χ1) is 9.41. The van der Waals surface area contributed by atoms with Gasteiger partial charge in [-0.15, -0.1) is 0 Å². The first-order valence-electron chi connectivity index (χ1n) is 5.69. The molecule has 1 atom stereocenters. The van der Waals surface area contributed by atoms with E-state index in [9.17, 15) is 19.3 Å². The number of carbonyl (C=O) groups excluding carboxylic acids is 1. The molecule has 2 aromatic rings. The van der Waals surface area contributed by atoms with Crippen molar-refractivity contribution >= 4 is 28.2 Å². The third-order valence-corrected chi connectivity index (χ3v) is 2.81. The highest BCUT2D eigenvalue weighted by atomic mass is 19.1. The zero-order chi connectivity index (χ0) is 14.9. The van der Waals surface area contributed by atoms with E-state index < -0.39 is 22.7 Å². The van der Waals surface area contributed by atoms with Gasteiger partial charge >= 0.3 is 0 Å². The zero-order valence-corrected chi connectivity index (χ0v) is 10.5. The number of amides is 1. The molecule has 104 valence electrons. The number of hydrogen-bond donors (Lipinski definition) is 2. The van der Waals surface area contributed by atoms with Gasteiger partial charge in [-0.05, 0) is 19.1 Å². The van der Waals surface area contributed by atoms with Gasteiger partial charge in [-0.3, -0.25) is 19.9 Å². The molecule has 0 fully saturated rings. The van der Waals surface area contributed by atoms with Gasteiger partial charge in [-0.1, -0.05) is 0 Å². The van der Waals surface area contributed by atoms with Crippen LogP contribution < -0.4 is 11.1 Å². The molecule has 0 bridgehead atoms. The molecule has 2 rings (SSSR count). The van der Waals surface area contributed by atoms with Gasteiger partial charge in [-0.25, -0.2) is 4.39 Å². The van der Waals surface area contributed by atoms with Gasteiger partial charge in [0, 0.05) is 6.20 Å². The van der Waals surface area contributed by atoms with Crippen LogP contribution >= 0.6 is 0 Å². The maximum Gasteiger partial charge on any atom is 0.281 e. The number of anilines is 1. The Kier molecular flexibility index (Phi) is 3.47. The minimum absolute atomic E-state index is 0.0762. The van der Waals surface area contributed by atoms with Crippen molar-refractivity contribution in [2.75, 3.05) is 5.32 Å². The molecule has 8 heteroatoms. The summed E-state index contributed by atoms with van der Waals surface area (Å²) in [6.07, 6.45) is 1.38. The van der Waals surface area contributed by atoms with Crippen LogP contribution in [0.4, 0.5) is 15.8 Å². The van der Waals surface area contributed by atoms with Crippen LogP contribution in [0.15, 0.2) is 24.4 Å². The fourth-order valence-corrected chi connectivity index (χ4v) is 1.77. The molecule has 1 heterocycles. The Bertz CT molecular complexity index is 704. The van der Waals surface area contributed by atoms with Crippen LogP contribution in [-0.4, -0.2) is 21.9 Å². The second-order valence-electron chi connectivity index (χ2n) is 4.18. The number of primary amides is 1. The molecule has 0 radical (unpaired) electrons. The Labute approximate surface area is 112 Å². The summed E-state index contributed by atoms with van der Waals surface area (Å²) < 4.78 is 14.0. The molecule has 1 aromatic carbocycles. The number of halogens is 1. The van der Waals surface area contributed by atoms with Crippen LogP contribution in [0, 0.1) is 15.9 Å². The number of pyridine rings is 1. The van der Waals surface area contributed by atoms with Gasteiger partial charge in [0.1, 0.15) is 11.6 Å². The molecule has 0 saturated heterocycles. The number of nitrogens with two attached hydrogens (primary N) is 1. The van der Waals surface area contributed by atoms with Gasteiger partial charge in [-0.2, -0.15) is 0 Å². The number of carbonyl (C=O) groups is 1. The third-order valence-electron chi connectivity index (χ3n) is 2.81. The van der Waals surface area contributed by atoms with Crippen molar-refractivity contribution in [3.05, 3.63) is 40.3 Å². The first kappa shape index (κ1) is 13.7. The molecule has 1 unspecified atom stereocenters. The highest BCUT2D eigenvalue weighted by Crippen LogP contribution is 2.32. The van der Waals surface area contributed by atoms with E-state index in [0.717, 1.165) is 6.07 Å². The molecule has 0 saturated carbocycles. The van der Waals surface area contributed by atoms with E-state index in [0.29, 0.717) is 0 Å². The van der Waals surface area contributed by atoms with Crippen molar-refractivity contribution in [1.82, 2.24) is 4.98 Å². The maximum absolute atomic E-state index is 14.0. The number of nitro groups is 1. The number of benzene rings is 1. The summed E-state index contributed by atoms with van der Waals surface area (Å²) in [5.74, 6) is -1.54. The van der Waals surface area contributed by atoms with Gasteiger partial charge < -0.3 is 11.1 Å². The Morgan fingerprint density at radius 1 is 1.60 bits per heavy atom. The van der Waals surface area contributed by atoms with E-state index in [1.54, 1.807) is 0 Å². The van der Waals surface area contributed by atoms with Crippen molar-refractivity contribution in [2.45, 2.75) is 13.0 Å². The van der Waals surface area contributed by atoms with Crippen LogP contribution in [0.1, 0.15) is 6.92 Å². The van der Waals surface area contributed by atoms with Crippen LogP contribution in [0.5, 0.6) is 0 Å². The third kappa shape index (κ3) is 2.35. The van der Waals surface area contributed by atoms with Crippen molar-refractivity contribution in [1.29, 1.82) is 0 Å². The van der Waals surface area contributed by atoms with Gasteiger partial charge in [0.2, 0.25) is 5.91 Å². The molecule has 0 aliphatic rings. The lowest BCUT2D eigenvalue weighted by molar-refractivity contribution is -0.383. The normalized spacial score (nSPS) is 12.1. The summed E-state index contributed by atoms with van der Waals surface area (Å²) in [5.41, 5.74) is 4.71. The van der Waals surface area contributed by atoms with E-state index in [1.807, 2.05) is 0 Å². The van der Waals surface area contributed by atoms with Crippen molar-refractivity contribution in [3.8, 4) is 0 Å². The lowest BCUT2D eigenvalue weighted by Crippen LogP contribution is -2.32. The predicted octanol–water partition coefficient (Wildman–Crippen LogP) is 1.57. The lowest BCUT2D eigenvalue weighted by atomic mass is 10.1. The molecule has 1 aromatic heterocycles. The van der Waals surface area contributed by atoms with Crippen LogP contribution in [0.3, 0.4) is 0 Å². The molecule has 7 nitrogen and oxygen atoms in total. The lowest BCUT2D eigenvalue weighted by Gasteiger charge is -2.14. The Hall–Kier alpha value is -2.77. The molecule has 20 heavy (non-hydrogen) atoms. The average molecular weight is 278 g/mol. The topological polar surface area (TPSA) is 111 Å². The number of nitro benzene ring substituents is 1. The zero-order valence-electron chi connectivity index (χ0n) is 10.5. The Balaban J connectivity index is 2.67. The minimum Gasteiger partial charge on any atom is -0.370 e. The molecular weight excluding hydrogens is 267 g/mol. The highest BCUT2D eigenvalue weighted by Gasteiger charge is 2.21. The van der Waals surface area contributed by atoms with E-state index in [1.165, 1.54) is 25.3 Å². The number of non-ortho nitro benzene ring substituents is 1. The standard InChI is InChI=1S/C12H11FN4O3/c1-6(12(14)18)16-11-8(13)5-9(17(19)20)7-3-2-4-15-10(7)11/h2-6,16H,1H3,(H2,14,18). The molecular formula is C12H11FN4O3. The van der Waals surface area contributed by atoms with E-state index in [4.69, 9.17) is 5.73 Å². The largest absolute Gasteiger partial charge is 0.370 e. The monoisotopic (exact) mass is 278 g/mol. The van der Waals surface area contributed by atoms with Gasteiger partial charge in [0.15, 0.2) is 5.82 Å². The predicted molar refractivity (Wildman–Crippen MR) is 70.6 cm³/mol. The molecule has 0 aliphatic heterocycles. The van der Waals surface area contributed by atoms with Gasteiger partial charge in [0.05, 0.1) is 22.1 Å². The van der Waals surface area contributed by atoms with Crippen molar-refractivity contribution in [3.63, 3.8) is 0 Å². The minimum atomic E-state index is -0.865. The van der Waals surface area contributed by atoms with E-state index >= 15 is 0 Å². The Morgan fingerprint density at radius 2 is 2.30 bits per heavy atom. The highest BCUT2D eigenvalue weighted by molar-refractivity contribution is 5.98. The smallest absolute Gasteiger partial charge is 0.281 e. The average Bonchev–Trinajstić information content (AvgIpc) is 2.40. The summed E-state index contributed by atoms with van der Waals surface area (Å²) in [6.45, 7) is 1.46. The fraction of sp³-hybridized carbons (Fsp3) is 0.167. The fourth-order valence-electron chi connectivity index (χ4n) is 1.77. The second kappa shape index (κ2) is 5.08. The van der Waals surface area contributed by atoms with Crippen LogP contribution in [0.25, 0.3) is 10.9 Å². The number of fused-ring (bicyclic) bond motifs is 1. The molecule has 0 spiro atoms. The number of hydrogen-bond acceptors (Lipinski definition) is 5. The number of aromatic nitrogens is 1. The second-order valence-corrected chi connectivity index (χ2v) is 4.18. The SMILES string of the molecule is CC(Nc1c(F)cc([N+](=O)[O-])c2cccnc12)C(N)=O. The van der Waals surface area contributed by atoms with Crippen LogP contribution in [-0.2, 0) is 4.79 Å². The molecule has 3 N–H and O–H groups in total. The number of nitrogens with zero attached hydrogens (tertiary/aromatic N) is 2. The number of rotatable bonds is 4. The summed E-state index contributed by atoms with van der Waals surface area (Å²) in [7, 11) is 0. The van der Waals surface area contributed by atoms with Crippen LogP contribution in [0.2, 0.25) is 0 Å². The molecule has 0 aliphatic carbocycles. The summed E-state index contributed by atoms with van der Waals surface area (Å²) in [4.78, 5) is 25.2. The van der Waals surface area contributed by atoms with Crippen molar-refractivity contribution in [2.24, 2.45) is 5.73 Å². The summed E-state index contributed by atoms with van der Waals surface area (Å²) in [5, 5.41) is 13.7.